The van der Waals surface area contributed by atoms with Crippen molar-refractivity contribution in [3.05, 3.63) is 35.4 Å². The van der Waals surface area contributed by atoms with Crippen molar-refractivity contribution >= 4 is 11.9 Å². The van der Waals surface area contributed by atoms with Gasteiger partial charge >= 0.3 is 5.97 Å². The first kappa shape index (κ1) is 19.2. The number of esters is 1. The smallest absolute Gasteiger partial charge is 0.310 e. The van der Waals surface area contributed by atoms with Crippen LogP contribution in [0.3, 0.4) is 0 Å². The second-order valence-corrected chi connectivity index (χ2v) is 6.13. The van der Waals surface area contributed by atoms with Gasteiger partial charge in [-0.1, -0.05) is 24.3 Å². The first-order valence-electron chi connectivity index (χ1n) is 9.07. The number of carbonyl (C=O) groups excluding carboxylic acids is 1. The molecule has 0 bridgehead atoms. The molecule has 2 N–H and O–H groups in total. The Morgan fingerprint density at radius 3 is 2.80 bits per heavy atom. The Kier molecular flexibility index (Phi) is 7.73. The zero-order valence-corrected chi connectivity index (χ0v) is 15.2. The minimum Gasteiger partial charge on any atom is -0.466 e. The van der Waals surface area contributed by atoms with Gasteiger partial charge in [-0.25, -0.2) is 4.99 Å². The SMILES string of the molecule is CCNC(=NCc1ccccc1CO)N1CCCC(C(=O)OCC)C1. The second-order valence-electron chi connectivity index (χ2n) is 6.13. The van der Waals surface area contributed by atoms with Gasteiger partial charge in [0.05, 0.1) is 25.7 Å². The summed E-state index contributed by atoms with van der Waals surface area (Å²) >= 11 is 0. The van der Waals surface area contributed by atoms with E-state index >= 15 is 0 Å². The van der Waals surface area contributed by atoms with Gasteiger partial charge in [0.25, 0.3) is 0 Å². The molecule has 1 atom stereocenters. The summed E-state index contributed by atoms with van der Waals surface area (Å²) in [5.41, 5.74) is 1.91. The number of aliphatic hydroxyl groups is 1. The second kappa shape index (κ2) is 10.0. The van der Waals surface area contributed by atoms with Crippen LogP contribution in [-0.4, -0.2) is 48.2 Å². The average molecular weight is 347 g/mol. The molecule has 6 heteroatoms. The number of nitrogens with one attached hydrogen (secondary N) is 1. The monoisotopic (exact) mass is 347 g/mol. The van der Waals surface area contributed by atoms with E-state index in [-0.39, 0.29) is 18.5 Å². The summed E-state index contributed by atoms with van der Waals surface area (Å²) < 4.78 is 5.18. The van der Waals surface area contributed by atoms with Gasteiger partial charge in [0, 0.05) is 19.6 Å². The van der Waals surface area contributed by atoms with E-state index in [2.05, 4.69) is 10.2 Å². The molecule has 1 heterocycles. The lowest BCUT2D eigenvalue weighted by Crippen LogP contribution is -2.48. The number of piperidine rings is 1. The van der Waals surface area contributed by atoms with Crippen LogP contribution >= 0.6 is 0 Å². The molecule has 1 aromatic rings. The Morgan fingerprint density at radius 1 is 1.36 bits per heavy atom. The molecule has 0 radical (unpaired) electrons. The number of rotatable bonds is 6. The van der Waals surface area contributed by atoms with Crippen LogP contribution in [0.15, 0.2) is 29.3 Å². The van der Waals surface area contributed by atoms with Gasteiger partial charge in [-0.3, -0.25) is 4.79 Å². The van der Waals surface area contributed by atoms with Crippen molar-refractivity contribution in [2.75, 3.05) is 26.2 Å². The fourth-order valence-corrected chi connectivity index (χ4v) is 3.07. The van der Waals surface area contributed by atoms with Crippen molar-refractivity contribution in [3.8, 4) is 0 Å². The molecule has 1 fully saturated rings. The highest BCUT2D eigenvalue weighted by Gasteiger charge is 2.28. The third-order valence-corrected chi connectivity index (χ3v) is 4.36. The lowest BCUT2D eigenvalue weighted by molar-refractivity contribution is -0.149. The predicted octanol–water partition coefficient (Wildman–Crippen LogP) is 1.92. The van der Waals surface area contributed by atoms with Gasteiger partial charge in [-0.05, 0) is 37.8 Å². The first-order valence-corrected chi connectivity index (χ1v) is 9.07. The van der Waals surface area contributed by atoms with Gasteiger partial charge in [0.1, 0.15) is 0 Å². The zero-order valence-electron chi connectivity index (χ0n) is 15.2. The van der Waals surface area contributed by atoms with Crippen molar-refractivity contribution in [1.82, 2.24) is 10.2 Å². The van der Waals surface area contributed by atoms with Crippen molar-refractivity contribution in [2.24, 2.45) is 10.9 Å². The number of ether oxygens (including phenoxy) is 1. The summed E-state index contributed by atoms with van der Waals surface area (Å²) in [6.07, 6.45) is 1.81. The molecule has 0 aliphatic carbocycles. The average Bonchev–Trinajstić information content (AvgIpc) is 2.65. The molecule has 0 amide bonds. The number of carbonyl (C=O) groups is 1. The van der Waals surface area contributed by atoms with Gasteiger partial charge < -0.3 is 20.1 Å². The number of benzene rings is 1. The van der Waals surface area contributed by atoms with Crippen LogP contribution in [0.5, 0.6) is 0 Å². The zero-order chi connectivity index (χ0) is 18.1. The van der Waals surface area contributed by atoms with Gasteiger partial charge in [-0.15, -0.1) is 0 Å². The standard InChI is InChI=1S/C19H29N3O3/c1-3-20-19(21-12-15-8-5-6-9-17(15)14-23)22-11-7-10-16(13-22)18(24)25-4-2/h5-6,8-9,16,23H,3-4,7,10-14H2,1-2H3,(H,20,21). The molecule has 1 aliphatic rings. The highest BCUT2D eigenvalue weighted by atomic mass is 16.5. The number of nitrogens with zero attached hydrogens (tertiary/aromatic N) is 2. The Hall–Kier alpha value is -2.08. The van der Waals surface area contributed by atoms with Gasteiger partial charge in [0.2, 0.25) is 0 Å². The lowest BCUT2D eigenvalue weighted by atomic mass is 9.98. The van der Waals surface area contributed by atoms with Crippen LogP contribution in [-0.2, 0) is 22.7 Å². The maximum absolute atomic E-state index is 12.1. The third kappa shape index (κ3) is 5.46. The Balaban J connectivity index is 2.09. The Morgan fingerprint density at radius 2 is 2.12 bits per heavy atom. The molecular weight excluding hydrogens is 318 g/mol. The molecule has 0 spiro atoms. The number of guanidine groups is 1. The van der Waals surface area contributed by atoms with E-state index in [0.717, 1.165) is 43.0 Å². The van der Waals surface area contributed by atoms with E-state index in [4.69, 9.17) is 9.73 Å². The fraction of sp³-hybridized carbons (Fsp3) is 0.579. The minimum atomic E-state index is -0.117. The highest BCUT2D eigenvalue weighted by molar-refractivity contribution is 5.81. The van der Waals surface area contributed by atoms with Crippen molar-refractivity contribution in [1.29, 1.82) is 0 Å². The topological polar surface area (TPSA) is 74.2 Å². The summed E-state index contributed by atoms with van der Waals surface area (Å²) in [4.78, 5) is 18.9. The van der Waals surface area contributed by atoms with Crippen LogP contribution in [0.2, 0.25) is 0 Å². The maximum Gasteiger partial charge on any atom is 0.310 e. The number of likely N-dealkylation sites (tertiary alicyclic amines) is 1. The number of hydrogen-bond acceptors (Lipinski definition) is 4. The van der Waals surface area contributed by atoms with E-state index in [1.807, 2.05) is 38.1 Å². The molecule has 1 aromatic carbocycles. The van der Waals surface area contributed by atoms with Crippen LogP contribution in [0.4, 0.5) is 0 Å². The normalized spacial score (nSPS) is 18.1. The molecule has 2 rings (SSSR count). The molecule has 138 valence electrons. The van der Waals surface area contributed by atoms with Crippen molar-refractivity contribution in [2.45, 2.75) is 39.8 Å². The lowest BCUT2D eigenvalue weighted by Gasteiger charge is -2.34. The molecule has 1 saturated heterocycles. The van der Waals surface area contributed by atoms with Gasteiger partial charge in [0.15, 0.2) is 5.96 Å². The summed E-state index contributed by atoms with van der Waals surface area (Å²) in [7, 11) is 0. The number of hydrogen-bond donors (Lipinski definition) is 2. The maximum atomic E-state index is 12.1. The highest BCUT2D eigenvalue weighted by Crippen LogP contribution is 2.18. The first-order chi connectivity index (χ1) is 12.2. The molecule has 1 unspecified atom stereocenters. The van der Waals surface area contributed by atoms with Crippen molar-refractivity contribution in [3.63, 3.8) is 0 Å². The van der Waals surface area contributed by atoms with Crippen LogP contribution in [0.25, 0.3) is 0 Å². The summed E-state index contributed by atoms with van der Waals surface area (Å²) in [5.74, 6) is 0.597. The molecule has 0 saturated carbocycles. The minimum absolute atomic E-state index is 0.0108. The Bertz CT molecular complexity index is 589. The van der Waals surface area contributed by atoms with E-state index in [1.54, 1.807) is 0 Å². The van der Waals surface area contributed by atoms with E-state index < -0.39 is 0 Å². The van der Waals surface area contributed by atoms with Crippen LogP contribution in [0, 0.1) is 5.92 Å². The number of aliphatic imine (C=N–C) groups is 1. The quantitative estimate of drug-likeness (QED) is 0.467. The molecule has 6 nitrogen and oxygen atoms in total. The predicted molar refractivity (Wildman–Crippen MR) is 98.1 cm³/mol. The third-order valence-electron chi connectivity index (χ3n) is 4.36. The van der Waals surface area contributed by atoms with Gasteiger partial charge in [-0.2, -0.15) is 0 Å². The van der Waals surface area contributed by atoms with Crippen LogP contribution in [0.1, 0.15) is 37.8 Å². The molecule has 1 aliphatic heterocycles. The van der Waals surface area contributed by atoms with Crippen LogP contribution < -0.4 is 5.32 Å². The number of aliphatic hydroxyl groups excluding tert-OH is 1. The molecule has 25 heavy (non-hydrogen) atoms. The van der Waals surface area contributed by atoms with E-state index in [9.17, 15) is 9.90 Å². The molecule has 0 aromatic heterocycles. The summed E-state index contributed by atoms with van der Waals surface area (Å²) in [6, 6.07) is 7.76. The summed E-state index contributed by atoms with van der Waals surface area (Å²) in [5, 5.41) is 12.8. The van der Waals surface area contributed by atoms with E-state index in [0.29, 0.717) is 19.7 Å². The Labute approximate surface area is 149 Å². The largest absolute Gasteiger partial charge is 0.466 e. The van der Waals surface area contributed by atoms with Crippen molar-refractivity contribution < 1.29 is 14.6 Å². The fourth-order valence-electron chi connectivity index (χ4n) is 3.07. The van der Waals surface area contributed by atoms with E-state index in [1.165, 1.54) is 0 Å². The molecular formula is C19H29N3O3. The summed E-state index contributed by atoms with van der Waals surface area (Å²) in [6.45, 7) is 7.07.